The minimum absolute atomic E-state index is 0.246. The molecule has 0 amide bonds. The summed E-state index contributed by atoms with van der Waals surface area (Å²) in [4.78, 5) is 0. The summed E-state index contributed by atoms with van der Waals surface area (Å²) in [5, 5.41) is 8.70. The van der Waals surface area contributed by atoms with Crippen molar-refractivity contribution in [3.63, 3.8) is 0 Å². The summed E-state index contributed by atoms with van der Waals surface area (Å²) in [5.74, 6) is 2.75. The van der Waals surface area contributed by atoms with Crippen molar-refractivity contribution < 1.29 is 14.2 Å². The van der Waals surface area contributed by atoms with E-state index in [2.05, 4.69) is 6.07 Å². The van der Waals surface area contributed by atoms with E-state index in [9.17, 15) is 0 Å². The molecule has 0 aromatic heterocycles. The second-order valence-electron chi connectivity index (χ2n) is 3.75. The molecular weight excluding hydrogens is 230 g/mol. The largest absolute Gasteiger partial charge is 0.457 e. The van der Waals surface area contributed by atoms with Crippen LogP contribution in [-0.2, 0) is 0 Å². The molecule has 0 saturated heterocycles. The van der Waals surface area contributed by atoms with Gasteiger partial charge in [-0.05, 0) is 36.4 Å². The lowest BCUT2D eigenvalue weighted by molar-refractivity contribution is 0.174. The van der Waals surface area contributed by atoms with Gasteiger partial charge in [0.1, 0.15) is 11.5 Å². The van der Waals surface area contributed by atoms with Crippen molar-refractivity contribution in [2.24, 2.45) is 0 Å². The van der Waals surface area contributed by atoms with Gasteiger partial charge in [0.25, 0.3) is 0 Å². The minimum Gasteiger partial charge on any atom is -0.457 e. The number of hydrogen-bond donors (Lipinski definition) is 0. The first-order chi connectivity index (χ1) is 8.85. The third-order valence-electron chi connectivity index (χ3n) is 2.56. The maximum absolute atomic E-state index is 8.70. The van der Waals surface area contributed by atoms with E-state index in [0.29, 0.717) is 22.8 Å². The van der Waals surface area contributed by atoms with Crippen LogP contribution in [0, 0.1) is 11.3 Å². The van der Waals surface area contributed by atoms with Gasteiger partial charge in [-0.3, -0.25) is 0 Å². The van der Waals surface area contributed by atoms with Gasteiger partial charge >= 0.3 is 0 Å². The number of nitriles is 1. The average molecular weight is 239 g/mol. The van der Waals surface area contributed by atoms with Crippen LogP contribution in [0.3, 0.4) is 0 Å². The molecule has 2 aromatic carbocycles. The maximum Gasteiger partial charge on any atom is 0.231 e. The van der Waals surface area contributed by atoms with Gasteiger partial charge in [0.2, 0.25) is 6.79 Å². The average Bonchev–Trinajstić information content (AvgIpc) is 2.87. The second kappa shape index (κ2) is 4.30. The van der Waals surface area contributed by atoms with Gasteiger partial charge in [-0.2, -0.15) is 5.26 Å². The van der Waals surface area contributed by atoms with E-state index in [4.69, 9.17) is 19.5 Å². The fourth-order valence-electron chi connectivity index (χ4n) is 1.67. The Morgan fingerprint density at radius 3 is 2.44 bits per heavy atom. The van der Waals surface area contributed by atoms with Crippen LogP contribution in [0.25, 0.3) is 0 Å². The van der Waals surface area contributed by atoms with E-state index in [-0.39, 0.29) is 6.79 Å². The summed E-state index contributed by atoms with van der Waals surface area (Å²) in [7, 11) is 0. The second-order valence-corrected chi connectivity index (χ2v) is 3.75. The number of nitrogens with zero attached hydrogens (tertiary/aromatic N) is 1. The summed E-state index contributed by atoms with van der Waals surface area (Å²) in [6, 6.07) is 14.4. The number of fused-ring (bicyclic) bond motifs is 1. The van der Waals surface area contributed by atoms with Gasteiger partial charge in [-0.25, -0.2) is 0 Å². The first-order valence-electron chi connectivity index (χ1n) is 5.43. The maximum atomic E-state index is 8.70. The first-order valence-corrected chi connectivity index (χ1v) is 5.43. The van der Waals surface area contributed by atoms with Crippen LogP contribution in [0.5, 0.6) is 23.0 Å². The molecule has 4 nitrogen and oxygen atoms in total. The van der Waals surface area contributed by atoms with Crippen molar-refractivity contribution in [3.8, 4) is 29.1 Å². The van der Waals surface area contributed by atoms with Crippen molar-refractivity contribution >= 4 is 0 Å². The third kappa shape index (κ3) is 1.94. The molecule has 0 unspecified atom stereocenters. The number of ether oxygens (including phenoxy) is 3. The lowest BCUT2D eigenvalue weighted by Crippen LogP contribution is -1.92. The van der Waals surface area contributed by atoms with E-state index in [1.54, 1.807) is 36.4 Å². The van der Waals surface area contributed by atoms with Crippen LogP contribution in [0.1, 0.15) is 5.56 Å². The smallest absolute Gasteiger partial charge is 0.231 e. The van der Waals surface area contributed by atoms with Gasteiger partial charge in [-0.15, -0.1) is 0 Å². The van der Waals surface area contributed by atoms with E-state index >= 15 is 0 Å². The highest BCUT2D eigenvalue weighted by Crippen LogP contribution is 2.36. The summed E-state index contributed by atoms with van der Waals surface area (Å²) in [6.45, 7) is 0.246. The van der Waals surface area contributed by atoms with Crippen molar-refractivity contribution in [2.75, 3.05) is 6.79 Å². The Labute approximate surface area is 104 Å². The summed E-state index contributed by atoms with van der Waals surface area (Å²) >= 11 is 0. The minimum atomic E-state index is 0.246. The molecule has 18 heavy (non-hydrogen) atoms. The van der Waals surface area contributed by atoms with E-state index in [1.165, 1.54) is 0 Å². The Balaban J connectivity index is 1.81. The molecule has 0 radical (unpaired) electrons. The Morgan fingerprint density at radius 2 is 1.67 bits per heavy atom. The Bertz CT molecular complexity index is 614. The predicted octanol–water partition coefficient (Wildman–Crippen LogP) is 3.08. The van der Waals surface area contributed by atoms with Crippen LogP contribution >= 0.6 is 0 Å². The van der Waals surface area contributed by atoms with Crippen molar-refractivity contribution in [1.29, 1.82) is 5.26 Å². The highest BCUT2D eigenvalue weighted by atomic mass is 16.7. The molecule has 0 spiro atoms. The van der Waals surface area contributed by atoms with Gasteiger partial charge in [0, 0.05) is 6.07 Å². The number of hydrogen-bond acceptors (Lipinski definition) is 4. The van der Waals surface area contributed by atoms with Crippen molar-refractivity contribution in [3.05, 3.63) is 48.0 Å². The molecule has 0 saturated carbocycles. The molecule has 0 atom stereocenters. The summed E-state index contributed by atoms with van der Waals surface area (Å²) < 4.78 is 16.1. The molecule has 2 aromatic rings. The first kappa shape index (κ1) is 10.5. The zero-order chi connectivity index (χ0) is 12.4. The van der Waals surface area contributed by atoms with E-state index in [0.717, 1.165) is 5.75 Å². The molecule has 0 bridgehead atoms. The molecule has 1 aliphatic rings. The molecule has 1 aliphatic heterocycles. The molecule has 0 N–H and O–H groups in total. The lowest BCUT2D eigenvalue weighted by atomic mass is 10.2. The Kier molecular flexibility index (Phi) is 2.50. The Hall–Kier alpha value is -2.67. The van der Waals surface area contributed by atoms with Crippen molar-refractivity contribution in [2.45, 2.75) is 0 Å². The molecular formula is C14H9NO3. The fraction of sp³-hybridized carbons (Fsp3) is 0.0714. The highest BCUT2D eigenvalue weighted by Gasteiger charge is 2.13. The molecule has 3 rings (SSSR count). The zero-order valence-electron chi connectivity index (χ0n) is 9.42. The molecule has 4 heteroatoms. The molecule has 0 aliphatic carbocycles. The number of benzene rings is 2. The van der Waals surface area contributed by atoms with Gasteiger partial charge in [-0.1, -0.05) is 0 Å². The quantitative estimate of drug-likeness (QED) is 0.808. The summed E-state index contributed by atoms with van der Waals surface area (Å²) in [6.07, 6.45) is 0. The van der Waals surface area contributed by atoms with Crippen molar-refractivity contribution in [1.82, 2.24) is 0 Å². The van der Waals surface area contributed by atoms with Gasteiger partial charge in [0.15, 0.2) is 11.5 Å². The predicted molar refractivity (Wildman–Crippen MR) is 63.8 cm³/mol. The number of rotatable bonds is 2. The van der Waals surface area contributed by atoms with E-state index in [1.807, 2.05) is 6.07 Å². The highest BCUT2D eigenvalue weighted by molar-refractivity contribution is 5.48. The van der Waals surface area contributed by atoms with Crippen LogP contribution in [0.15, 0.2) is 42.5 Å². The van der Waals surface area contributed by atoms with Crippen LogP contribution < -0.4 is 14.2 Å². The summed E-state index contributed by atoms with van der Waals surface area (Å²) in [5.41, 5.74) is 0.605. The fourth-order valence-corrected chi connectivity index (χ4v) is 1.67. The van der Waals surface area contributed by atoms with E-state index < -0.39 is 0 Å². The van der Waals surface area contributed by atoms with Gasteiger partial charge in [0.05, 0.1) is 11.6 Å². The van der Waals surface area contributed by atoms with Crippen LogP contribution in [0.4, 0.5) is 0 Å². The normalized spacial score (nSPS) is 11.9. The molecule has 0 fully saturated rings. The Morgan fingerprint density at radius 1 is 0.944 bits per heavy atom. The van der Waals surface area contributed by atoms with Crippen LogP contribution in [-0.4, -0.2) is 6.79 Å². The topological polar surface area (TPSA) is 51.5 Å². The SMILES string of the molecule is N#Cc1ccc(Oc2ccc3c(c2)OCO3)cc1. The lowest BCUT2D eigenvalue weighted by Gasteiger charge is -2.06. The molecule has 88 valence electrons. The van der Waals surface area contributed by atoms with Crippen LogP contribution in [0.2, 0.25) is 0 Å². The zero-order valence-corrected chi connectivity index (χ0v) is 9.42. The standard InChI is InChI=1S/C14H9NO3/c15-8-10-1-3-11(4-2-10)18-12-5-6-13-14(7-12)17-9-16-13/h1-7H,9H2. The third-order valence-corrected chi connectivity index (χ3v) is 2.56. The monoisotopic (exact) mass is 239 g/mol. The molecule has 1 heterocycles. The van der Waals surface area contributed by atoms with Gasteiger partial charge < -0.3 is 14.2 Å².